The van der Waals surface area contributed by atoms with Gasteiger partial charge < -0.3 is 14.0 Å². The second-order valence-corrected chi connectivity index (χ2v) is 7.36. The molecule has 1 saturated heterocycles. The molecule has 0 bridgehead atoms. The lowest BCUT2D eigenvalue weighted by Gasteiger charge is -2.26. The summed E-state index contributed by atoms with van der Waals surface area (Å²) in [6.45, 7) is 5.82. The summed E-state index contributed by atoms with van der Waals surface area (Å²) >= 11 is 0. The zero-order valence-electron chi connectivity index (χ0n) is 15.6. The molecule has 152 valence electrons. The van der Waals surface area contributed by atoms with Gasteiger partial charge in [-0.1, -0.05) is 17.3 Å². The van der Waals surface area contributed by atoms with Gasteiger partial charge in [0.05, 0.1) is 0 Å². The molecule has 0 spiro atoms. The first kappa shape index (κ1) is 20.0. The van der Waals surface area contributed by atoms with E-state index in [9.17, 15) is 18.0 Å². The van der Waals surface area contributed by atoms with Crippen molar-refractivity contribution in [2.24, 2.45) is 0 Å². The number of rotatable bonds is 3. The smallest absolute Gasteiger partial charge is 0.444 e. The van der Waals surface area contributed by atoms with Crippen LogP contribution in [0.1, 0.15) is 45.5 Å². The fraction of sp³-hybridized carbons (Fsp3) is 0.500. The van der Waals surface area contributed by atoms with E-state index in [1.54, 1.807) is 20.8 Å². The van der Waals surface area contributed by atoms with Crippen molar-refractivity contribution in [3.8, 4) is 17.1 Å². The molecule has 7 nitrogen and oxygen atoms in total. The molecular formula is C18H20F3N3O4. The average molecular weight is 399 g/mol. The van der Waals surface area contributed by atoms with Crippen molar-refractivity contribution in [1.29, 1.82) is 0 Å². The van der Waals surface area contributed by atoms with Gasteiger partial charge in [-0.25, -0.2) is 4.79 Å². The molecule has 28 heavy (non-hydrogen) atoms. The van der Waals surface area contributed by atoms with E-state index in [1.165, 1.54) is 29.2 Å². The van der Waals surface area contributed by atoms with E-state index in [2.05, 4.69) is 14.9 Å². The van der Waals surface area contributed by atoms with Crippen LogP contribution in [0.3, 0.4) is 0 Å². The van der Waals surface area contributed by atoms with Crippen molar-refractivity contribution in [2.45, 2.75) is 51.6 Å². The summed E-state index contributed by atoms with van der Waals surface area (Å²) in [6.07, 6.45) is -3.90. The standard InChI is InChI=1S/C18H20F3N3O4/c1-17(2,3)27-16(25)24-9-5-8-13(24)15-22-14(23-28-15)11-6-4-7-12(10-11)26-18(19,20)21/h4,6-7,10,13H,5,8-9H2,1-3H3. The van der Waals surface area contributed by atoms with Gasteiger partial charge >= 0.3 is 12.5 Å². The summed E-state index contributed by atoms with van der Waals surface area (Å²) in [5, 5.41) is 3.84. The van der Waals surface area contributed by atoms with Crippen LogP contribution in [0.15, 0.2) is 28.8 Å². The van der Waals surface area contributed by atoms with Gasteiger partial charge in [-0.2, -0.15) is 4.98 Å². The minimum absolute atomic E-state index is 0.110. The van der Waals surface area contributed by atoms with Crippen molar-refractivity contribution < 1.29 is 32.0 Å². The van der Waals surface area contributed by atoms with E-state index in [1.807, 2.05) is 0 Å². The second kappa shape index (κ2) is 7.33. The zero-order chi connectivity index (χ0) is 20.5. The Balaban J connectivity index is 1.78. The summed E-state index contributed by atoms with van der Waals surface area (Å²) in [7, 11) is 0. The Morgan fingerprint density at radius 2 is 2.04 bits per heavy atom. The number of aromatic nitrogens is 2. The van der Waals surface area contributed by atoms with Crippen LogP contribution in [-0.4, -0.2) is 39.6 Å². The Kier molecular flexibility index (Phi) is 5.22. The third-order valence-electron chi connectivity index (χ3n) is 3.93. The third kappa shape index (κ3) is 4.93. The molecule has 2 aromatic rings. The second-order valence-electron chi connectivity index (χ2n) is 7.36. The van der Waals surface area contributed by atoms with Crippen LogP contribution < -0.4 is 4.74 Å². The molecule has 0 aliphatic carbocycles. The number of hydrogen-bond donors (Lipinski definition) is 0. The van der Waals surface area contributed by atoms with E-state index in [4.69, 9.17) is 9.26 Å². The molecule has 2 heterocycles. The zero-order valence-corrected chi connectivity index (χ0v) is 15.6. The van der Waals surface area contributed by atoms with Crippen LogP contribution in [-0.2, 0) is 4.74 Å². The van der Waals surface area contributed by atoms with Gasteiger partial charge in [0.25, 0.3) is 0 Å². The summed E-state index contributed by atoms with van der Waals surface area (Å²) in [5.41, 5.74) is -0.332. The molecule has 1 aromatic carbocycles. The molecule has 10 heteroatoms. The predicted molar refractivity (Wildman–Crippen MR) is 91.3 cm³/mol. The molecule has 1 aliphatic rings. The van der Waals surface area contributed by atoms with E-state index in [-0.39, 0.29) is 17.5 Å². The minimum atomic E-state index is -4.79. The first-order chi connectivity index (χ1) is 13.0. The Morgan fingerprint density at radius 1 is 1.29 bits per heavy atom. The molecule has 1 fully saturated rings. The summed E-state index contributed by atoms with van der Waals surface area (Å²) in [6, 6.07) is 4.85. The topological polar surface area (TPSA) is 77.7 Å². The number of carbonyl (C=O) groups is 1. The lowest BCUT2D eigenvalue weighted by molar-refractivity contribution is -0.274. The Hall–Kier alpha value is -2.78. The highest BCUT2D eigenvalue weighted by Gasteiger charge is 2.36. The fourth-order valence-electron chi connectivity index (χ4n) is 2.88. The fourth-order valence-corrected chi connectivity index (χ4v) is 2.88. The molecule has 0 saturated carbocycles. The number of nitrogens with zero attached hydrogens (tertiary/aromatic N) is 3. The first-order valence-corrected chi connectivity index (χ1v) is 8.71. The largest absolute Gasteiger partial charge is 0.573 e. The number of likely N-dealkylation sites (tertiary alicyclic amines) is 1. The van der Waals surface area contributed by atoms with Crippen molar-refractivity contribution in [3.05, 3.63) is 30.2 Å². The lowest BCUT2D eigenvalue weighted by Crippen LogP contribution is -2.36. The molecule has 1 aromatic heterocycles. The Labute approximate surface area is 159 Å². The van der Waals surface area contributed by atoms with Gasteiger partial charge in [-0.15, -0.1) is 13.2 Å². The number of alkyl halides is 3. The Bertz CT molecular complexity index is 845. The monoisotopic (exact) mass is 399 g/mol. The molecule has 1 unspecified atom stereocenters. The number of halogens is 3. The predicted octanol–water partition coefficient (Wildman–Crippen LogP) is 4.71. The molecule has 1 amide bonds. The van der Waals surface area contributed by atoms with Crippen LogP contribution in [0, 0.1) is 0 Å². The van der Waals surface area contributed by atoms with Crippen molar-refractivity contribution >= 4 is 6.09 Å². The van der Waals surface area contributed by atoms with Crippen LogP contribution in [0.25, 0.3) is 11.4 Å². The van der Waals surface area contributed by atoms with Gasteiger partial charge in [0, 0.05) is 12.1 Å². The maximum atomic E-state index is 12.4. The summed E-state index contributed by atoms with van der Waals surface area (Å²) in [5.74, 6) is -0.0632. The maximum absolute atomic E-state index is 12.4. The molecule has 3 rings (SSSR count). The number of hydrogen-bond acceptors (Lipinski definition) is 6. The minimum Gasteiger partial charge on any atom is -0.444 e. The quantitative estimate of drug-likeness (QED) is 0.744. The lowest BCUT2D eigenvalue weighted by atomic mass is 10.2. The maximum Gasteiger partial charge on any atom is 0.573 e. The van der Waals surface area contributed by atoms with Crippen LogP contribution >= 0.6 is 0 Å². The van der Waals surface area contributed by atoms with Gasteiger partial charge in [-0.3, -0.25) is 4.90 Å². The highest BCUT2D eigenvalue weighted by molar-refractivity contribution is 5.69. The third-order valence-corrected chi connectivity index (χ3v) is 3.93. The highest BCUT2D eigenvalue weighted by atomic mass is 19.4. The molecule has 0 N–H and O–H groups in total. The summed E-state index contributed by atoms with van der Waals surface area (Å²) < 4.78 is 51.8. The van der Waals surface area contributed by atoms with E-state index in [0.29, 0.717) is 18.5 Å². The molecular weight excluding hydrogens is 379 g/mol. The molecule has 0 radical (unpaired) electrons. The van der Waals surface area contributed by atoms with Gasteiger partial charge in [0.15, 0.2) is 0 Å². The first-order valence-electron chi connectivity index (χ1n) is 8.71. The van der Waals surface area contributed by atoms with E-state index < -0.39 is 24.1 Å². The van der Waals surface area contributed by atoms with Crippen LogP contribution in [0.5, 0.6) is 5.75 Å². The summed E-state index contributed by atoms with van der Waals surface area (Å²) in [4.78, 5) is 18.2. The highest BCUT2D eigenvalue weighted by Crippen LogP contribution is 2.34. The number of benzene rings is 1. The van der Waals surface area contributed by atoms with Crippen molar-refractivity contribution in [3.63, 3.8) is 0 Å². The van der Waals surface area contributed by atoms with Crippen LogP contribution in [0.2, 0.25) is 0 Å². The normalized spacial score (nSPS) is 17.6. The van der Waals surface area contributed by atoms with Gasteiger partial charge in [0.1, 0.15) is 17.4 Å². The molecule has 1 atom stereocenters. The van der Waals surface area contributed by atoms with Crippen molar-refractivity contribution in [2.75, 3.05) is 6.54 Å². The molecule has 1 aliphatic heterocycles. The number of carbonyl (C=O) groups excluding carboxylic acids is 1. The van der Waals surface area contributed by atoms with Gasteiger partial charge in [-0.05, 0) is 45.7 Å². The van der Waals surface area contributed by atoms with Gasteiger partial charge in [0.2, 0.25) is 11.7 Å². The Morgan fingerprint density at radius 3 is 2.71 bits per heavy atom. The van der Waals surface area contributed by atoms with Crippen molar-refractivity contribution in [1.82, 2.24) is 15.0 Å². The number of amides is 1. The number of ether oxygens (including phenoxy) is 2. The SMILES string of the molecule is CC(C)(C)OC(=O)N1CCCC1c1nc(-c2cccc(OC(F)(F)F)c2)no1. The van der Waals surface area contributed by atoms with E-state index in [0.717, 1.165) is 6.42 Å². The van der Waals surface area contributed by atoms with Crippen LogP contribution in [0.4, 0.5) is 18.0 Å². The average Bonchev–Trinajstić information content (AvgIpc) is 3.21. The van der Waals surface area contributed by atoms with E-state index >= 15 is 0 Å².